The Labute approximate surface area is 209 Å². The zero-order valence-electron chi connectivity index (χ0n) is 20.9. The molecule has 3 aliphatic heterocycles. The SMILES string of the molecule is CC(C)(C)OC(=O)N1CC(N2CCN(c3ccc4c(=O)n(C5CCC(=O)NC5=O)ncc4c3)CC2)C1. The second-order valence-electron chi connectivity index (χ2n) is 10.7. The minimum atomic E-state index is -0.773. The van der Waals surface area contributed by atoms with Crippen LogP contribution in [0.3, 0.4) is 0 Å². The number of benzene rings is 1. The number of piperazine rings is 1. The van der Waals surface area contributed by atoms with E-state index in [4.69, 9.17) is 4.74 Å². The lowest BCUT2D eigenvalue weighted by molar-refractivity contribution is -0.136. The number of piperidine rings is 1. The number of hydrogen-bond acceptors (Lipinski definition) is 8. The van der Waals surface area contributed by atoms with Crippen molar-refractivity contribution < 1.29 is 19.1 Å². The van der Waals surface area contributed by atoms with E-state index in [9.17, 15) is 19.2 Å². The van der Waals surface area contributed by atoms with E-state index in [2.05, 4.69) is 20.2 Å². The number of aromatic nitrogens is 2. The van der Waals surface area contributed by atoms with E-state index in [1.807, 2.05) is 32.9 Å². The predicted molar refractivity (Wildman–Crippen MR) is 133 cm³/mol. The minimum Gasteiger partial charge on any atom is -0.444 e. The predicted octanol–water partition coefficient (Wildman–Crippen LogP) is 1.12. The molecule has 1 N–H and O–H groups in total. The van der Waals surface area contributed by atoms with Gasteiger partial charge in [-0.05, 0) is 45.4 Å². The first kappa shape index (κ1) is 24.2. The third kappa shape index (κ3) is 4.79. The van der Waals surface area contributed by atoms with Crippen molar-refractivity contribution in [2.45, 2.75) is 51.3 Å². The van der Waals surface area contributed by atoms with Crippen molar-refractivity contribution in [1.82, 2.24) is 24.9 Å². The summed E-state index contributed by atoms with van der Waals surface area (Å²) >= 11 is 0. The molecule has 1 aromatic carbocycles. The van der Waals surface area contributed by atoms with Gasteiger partial charge in [-0.15, -0.1) is 0 Å². The molecular weight excluding hydrogens is 464 g/mol. The van der Waals surface area contributed by atoms with Crippen LogP contribution in [-0.2, 0) is 14.3 Å². The lowest BCUT2D eigenvalue weighted by atomic mass is 10.1. The van der Waals surface area contributed by atoms with Crippen LogP contribution in [0.2, 0.25) is 0 Å². The first-order valence-corrected chi connectivity index (χ1v) is 12.4. The number of hydrogen-bond donors (Lipinski definition) is 1. The molecule has 5 rings (SSSR count). The Balaban J connectivity index is 1.20. The van der Waals surface area contributed by atoms with Crippen LogP contribution < -0.4 is 15.8 Å². The van der Waals surface area contributed by atoms with Crippen molar-refractivity contribution in [2.75, 3.05) is 44.2 Å². The molecule has 3 aliphatic rings. The molecule has 3 fully saturated rings. The van der Waals surface area contributed by atoms with Crippen molar-refractivity contribution in [3.8, 4) is 0 Å². The van der Waals surface area contributed by atoms with Gasteiger partial charge in [-0.3, -0.25) is 24.6 Å². The fourth-order valence-electron chi connectivity index (χ4n) is 4.99. The molecule has 0 bridgehead atoms. The quantitative estimate of drug-likeness (QED) is 0.629. The Bertz CT molecular complexity index is 1250. The van der Waals surface area contributed by atoms with Crippen LogP contribution in [-0.4, -0.2) is 88.4 Å². The van der Waals surface area contributed by atoms with Crippen LogP contribution in [0.5, 0.6) is 0 Å². The fourth-order valence-corrected chi connectivity index (χ4v) is 4.99. The molecule has 1 atom stereocenters. The third-order valence-corrected chi connectivity index (χ3v) is 7.01. The molecule has 192 valence electrons. The normalized spacial score (nSPS) is 21.9. The van der Waals surface area contributed by atoms with Crippen molar-refractivity contribution in [3.63, 3.8) is 0 Å². The van der Waals surface area contributed by atoms with Gasteiger partial charge in [0, 0.05) is 62.8 Å². The van der Waals surface area contributed by atoms with Gasteiger partial charge in [0.1, 0.15) is 11.6 Å². The van der Waals surface area contributed by atoms with E-state index in [1.54, 1.807) is 17.2 Å². The lowest BCUT2D eigenvalue weighted by Crippen LogP contribution is -2.64. The van der Waals surface area contributed by atoms with Crippen LogP contribution in [0.4, 0.5) is 10.5 Å². The number of fused-ring (bicyclic) bond motifs is 1. The highest BCUT2D eigenvalue weighted by molar-refractivity contribution is 5.99. The number of carbonyl (C=O) groups is 3. The van der Waals surface area contributed by atoms with Crippen LogP contribution in [0.15, 0.2) is 29.2 Å². The van der Waals surface area contributed by atoms with Crippen LogP contribution in [0.1, 0.15) is 39.7 Å². The fraction of sp³-hybridized carbons (Fsp3) is 0.560. The summed E-state index contributed by atoms with van der Waals surface area (Å²) in [6.45, 7) is 10.5. The summed E-state index contributed by atoms with van der Waals surface area (Å²) in [6, 6.07) is 5.26. The zero-order valence-corrected chi connectivity index (χ0v) is 20.9. The number of amides is 3. The largest absolute Gasteiger partial charge is 0.444 e. The van der Waals surface area contributed by atoms with Crippen LogP contribution in [0.25, 0.3) is 10.8 Å². The summed E-state index contributed by atoms with van der Waals surface area (Å²) in [5.41, 5.74) is 0.199. The average Bonchev–Trinajstić information content (AvgIpc) is 2.78. The third-order valence-electron chi connectivity index (χ3n) is 7.01. The van der Waals surface area contributed by atoms with Gasteiger partial charge in [-0.2, -0.15) is 5.10 Å². The Morgan fingerprint density at radius 2 is 1.81 bits per heavy atom. The van der Waals surface area contributed by atoms with E-state index < -0.39 is 17.6 Å². The maximum Gasteiger partial charge on any atom is 0.410 e. The van der Waals surface area contributed by atoms with E-state index in [1.165, 1.54) is 4.68 Å². The maximum atomic E-state index is 13.0. The van der Waals surface area contributed by atoms with Gasteiger partial charge < -0.3 is 14.5 Å². The second-order valence-corrected chi connectivity index (χ2v) is 10.7. The van der Waals surface area contributed by atoms with Crippen molar-refractivity contribution in [2.24, 2.45) is 0 Å². The van der Waals surface area contributed by atoms with Gasteiger partial charge in [0.05, 0.1) is 11.6 Å². The molecule has 11 heteroatoms. The number of ether oxygens (including phenoxy) is 1. The number of likely N-dealkylation sites (tertiary alicyclic amines) is 1. The van der Waals surface area contributed by atoms with E-state index in [0.717, 1.165) is 37.3 Å². The average molecular weight is 497 g/mol. The van der Waals surface area contributed by atoms with Gasteiger partial charge in [-0.25, -0.2) is 9.48 Å². The highest BCUT2D eigenvalue weighted by Crippen LogP contribution is 2.25. The summed E-state index contributed by atoms with van der Waals surface area (Å²) in [6.07, 6.45) is 1.81. The number of nitrogens with zero attached hydrogens (tertiary/aromatic N) is 5. The molecule has 11 nitrogen and oxygen atoms in total. The second kappa shape index (κ2) is 9.20. The summed E-state index contributed by atoms with van der Waals surface area (Å²) in [7, 11) is 0. The van der Waals surface area contributed by atoms with Crippen molar-refractivity contribution >= 4 is 34.4 Å². The number of imide groups is 1. The molecule has 0 saturated carbocycles. The monoisotopic (exact) mass is 496 g/mol. The molecule has 0 spiro atoms. The standard InChI is InChI=1S/C25H32N6O5/c1-25(2,3)36-24(35)30-14-18(15-30)29-10-8-28(9-11-29)17-4-5-19-16(12-17)13-26-31(23(19)34)20-6-7-21(32)27-22(20)33/h4-5,12-13,18,20H,6-11,14-15H2,1-3H3,(H,27,32,33). The van der Waals surface area contributed by atoms with Gasteiger partial charge in [0.2, 0.25) is 5.91 Å². The highest BCUT2D eigenvalue weighted by Gasteiger charge is 2.38. The van der Waals surface area contributed by atoms with E-state index >= 15 is 0 Å². The number of anilines is 1. The molecule has 2 aromatic rings. The minimum absolute atomic E-state index is 0.188. The molecule has 3 amide bonds. The topological polar surface area (TPSA) is 117 Å². The summed E-state index contributed by atoms with van der Waals surface area (Å²) in [5, 5.41) is 7.74. The Kier molecular flexibility index (Phi) is 6.19. The first-order valence-electron chi connectivity index (χ1n) is 12.4. The lowest BCUT2D eigenvalue weighted by Gasteiger charge is -2.48. The Morgan fingerprint density at radius 1 is 1.08 bits per heavy atom. The highest BCUT2D eigenvalue weighted by atomic mass is 16.6. The van der Waals surface area contributed by atoms with Crippen molar-refractivity contribution in [3.05, 3.63) is 34.7 Å². The molecule has 36 heavy (non-hydrogen) atoms. The summed E-state index contributed by atoms with van der Waals surface area (Å²) < 4.78 is 6.63. The zero-order chi connectivity index (χ0) is 25.6. The van der Waals surface area contributed by atoms with Gasteiger partial charge in [0.15, 0.2) is 0 Å². The van der Waals surface area contributed by atoms with E-state index in [-0.39, 0.29) is 30.4 Å². The molecule has 4 heterocycles. The summed E-state index contributed by atoms with van der Waals surface area (Å²) in [5.74, 6) is -0.817. The number of rotatable bonds is 3. The number of carbonyl (C=O) groups excluding carboxylic acids is 3. The van der Waals surface area contributed by atoms with Gasteiger partial charge >= 0.3 is 6.09 Å². The van der Waals surface area contributed by atoms with Crippen LogP contribution >= 0.6 is 0 Å². The molecular formula is C25H32N6O5. The molecule has 0 aliphatic carbocycles. The Morgan fingerprint density at radius 3 is 2.47 bits per heavy atom. The first-order chi connectivity index (χ1) is 17.1. The smallest absolute Gasteiger partial charge is 0.410 e. The van der Waals surface area contributed by atoms with E-state index in [0.29, 0.717) is 24.5 Å². The molecule has 1 unspecified atom stereocenters. The number of nitrogens with one attached hydrogen (secondary N) is 1. The molecule has 0 radical (unpaired) electrons. The molecule has 3 saturated heterocycles. The van der Waals surface area contributed by atoms with Gasteiger partial charge in [-0.1, -0.05) is 0 Å². The maximum absolute atomic E-state index is 13.0. The molecule has 1 aromatic heterocycles. The Hall–Kier alpha value is -3.47. The van der Waals surface area contributed by atoms with Crippen LogP contribution in [0, 0.1) is 0 Å². The van der Waals surface area contributed by atoms with Crippen molar-refractivity contribution in [1.29, 1.82) is 0 Å². The summed E-state index contributed by atoms with van der Waals surface area (Å²) in [4.78, 5) is 55.3. The van der Waals surface area contributed by atoms with Gasteiger partial charge in [0.25, 0.3) is 11.5 Å².